The summed E-state index contributed by atoms with van der Waals surface area (Å²) in [4.78, 5) is 0. The molecule has 0 spiro atoms. The maximum atomic E-state index is 6.53. The Morgan fingerprint density at radius 2 is 0.838 bits per heavy atom. The van der Waals surface area contributed by atoms with Crippen molar-refractivity contribution in [2.24, 2.45) is 0 Å². The van der Waals surface area contributed by atoms with Gasteiger partial charge in [-0.25, -0.2) is 0 Å². The topological polar surface area (TPSA) is 55.4 Å². The maximum absolute atomic E-state index is 6.53. The lowest BCUT2D eigenvalue weighted by Gasteiger charge is -2.36. The van der Waals surface area contributed by atoms with Gasteiger partial charge in [-0.15, -0.1) is 26.3 Å². The van der Waals surface area contributed by atoms with Crippen molar-refractivity contribution in [1.29, 1.82) is 0 Å². The molecule has 68 heavy (non-hydrogen) atoms. The lowest BCUT2D eigenvalue weighted by Crippen LogP contribution is -2.46. The SMILES string of the molecule is C=C.C=CCC.C=CCOCCC.CC.CCCOC[Si](C)(CC[Si](C)(CC)CO[Si](C)(C)C)CC[Si](C)(C)OC[Si](C)(C)C.C[SiH](CC[SiH](C)CO[Si](C)(C)C)CC[Si](C)(C)OC[Si](C)(C)C. The lowest BCUT2D eigenvalue weighted by molar-refractivity contribution is 0.163. The highest BCUT2D eigenvalue weighted by Gasteiger charge is 2.37. The van der Waals surface area contributed by atoms with Gasteiger partial charge in [-0.1, -0.05) is 161 Å². The van der Waals surface area contributed by atoms with Crippen LogP contribution in [0.15, 0.2) is 38.5 Å². The van der Waals surface area contributed by atoms with Crippen molar-refractivity contribution in [3.05, 3.63) is 38.5 Å². The first kappa shape index (κ1) is 80.5. The minimum atomic E-state index is -1.59. The molecule has 0 N–H and O–H groups in total. The van der Waals surface area contributed by atoms with E-state index >= 15 is 0 Å². The molecule has 0 saturated carbocycles. The molecule has 16 heteroatoms. The zero-order valence-corrected chi connectivity index (χ0v) is 62.0. The standard InChI is InChI=1S/C22H56O3Si5.C16H44O2Si5.C6H12O.C4H8.C2H6.C2H4/c1-13-15-23-20-30(12,17-16-28(9,10)25-21-26(3,4)5)19-18-29(11,14-2)22-24-27(6,7)8;1-19(11-12-20(2)15-17-22(6,7)8)13-14-23(9,10)18-16-21(3,4)5;1-3-5-7-6-4-2;1-3-4-2;2*1-2/h13-22H2,1-12H3;19-20H,11-16H2,1-10H3;3H,1,4-6H2,2H3;3H,1,4H2,2H3;1-2H3;1-2H2. The normalized spacial score (nSPS) is 14.7. The molecule has 0 heterocycles. The van der Waals surface area contributed by atoms with Gasteiger partial charge < -0.3 is 27.2 Å². The van der Waals surface area contributed by atoms with Crippen LogP contribution in [-0.4, -0.2) is 134 Å². The van der Waals surface area contributed by atoms with Crippen molar-refractivity contribution in [2.75, 3.05) is 51.0 Å². The van der Waals surface area contributed by atoms with E-state index in [-0.39, 0.29) is 0 Å². The highest BCUT2D eigenvalue weighted by molar-refractivity contribution is 6.85. The first-order valence-corrected chi connectivity index (χ1v) is 59.7. The van der Waals surface area contributed by atoms with E-state index in [1.165, 1.54) is 54.4 Å². The molecule has 0 amide bonds. The molecule has 0 rings (SSSR count). The molecule has 4 unspecified atom stereocenters. The number of hydrogen-bond donors (Lipinski definition) is 0. The Hall–Kier alpha value is 1.15. The monoisotopic (exact) mass is 1130 g/mol. The fraction of sp³-hybridized carbons (Fsp3) is 0.885. The Bertz CT molecular complexity index is 1140. The van der Waals surface area contributed by atoms with Crippen molar-refractivity contribution in [1.82, 2.24) is 0 Å². The van der Waals surface area contributed by atoms with Crippen molar-refractivity contribution >= 4 is 83.2 Å². The summed E-state index contributed by atoms with van der Waals surface area (Å²) in [6.45, 7) is 76.5. The average molecular weight is 1130 g/mol. The van der Waals surface area contributed by atoms with E-state index in [4.69, 9.17) is 27.2 Å². The summed E-state index contributed by atoms with van der Waals surface area (Å²) in [5.41, 5.74) is 0. The first-order valence-electron chi connectivity index (χ1n) is 27.4. The van der Waals surface area contributed by atoms with Gasteiger partial charge in [0, 0.05) is 53.2 Å². The molecule has 6 nitrogen and oxygen atoms in total. The van der Waals surface area contributed by atoms with E-state index < -0.39 is 83.2 Å². The number of rotatable bonds is 34. The summed E-state index contributed by atoms with van der Waals surface area (Å²) in [5.74, 6) is 0. The molecular formula is C52H130O6Si10. The van der Waals surface area contributed by atoms with Crippen LogP contribution in [0.25, 0.3) is 0 Å². The summed E-state index contributed by atoms with van der Waals surface area (Å²) in [6, 6.07) is 12.7. The van der Waals surface area contributed by atoms with Crippen LogP contribution in [0.1, 0.15) is 60.8 Å². The molecular weight excluding hydrogens is 1000 g/mol. The molecule has 0 aliphatic heterocycles. The Morgan fingerprint density at radius 1 is 0.441 bits per heavy atom. The van der Waals surface area contributed by atoms with Gasteiger partial charge in [-0.05, 0) is 96.8 Å². The molecule has 0 radical (unpaired) electrons. The highest BCUT2D eigenvalue weighted by Crippen LogP contribution is 2.31. The summed E-state index contributed by atoms with van der Waals surface area (Å²) in [5, 5.41) is 0. The van der Waals surface area contributed by atoms with E-state index in [9.17, 15) is 0 Å². The third kappa shape index (κ3) is 65.2. The van der Waals surface area contributed by atoms with Gasteiger partial charge in [0.1, 0.15) is 0 Å². The smallest absolute Gasteiger partial charge is 0.185 e. The predicted molar refractivity (Wildman–Crippen MR) is 346 cm³/mol. The van der Waals surface area contributed by atoms with Crippen LogP contribution in [0.4, 0.5) is 0 Å². The van der Waals surface area contributed by atoms with Gasteiger partial charge in [0.05, 0.1) is 47.7 Å². The highest BCUT2D eigenvalue weighted by atomic mass is 28.4. The lowest BCUT2D eigenvalue weighted by atomic mass is 10.5. The van der Waals surface area contributed by atoms with Crippen LogP contribution >= 0.6 is 0 Å². The molecule has 0 saturated heterocycles. The molecule has 0 bridgehead atoms. The summed E-state index contributed by atoms with van der Waals surface area (Å²) >= 11 is 0. The number of hydrogen-bond acceptors (Lipinski definition) is 6. The third-order valence-corrected chi connectivity index (χ3v) is 35.8. The van der Waals surface area contributed by atoms with Crippen molar-refractivity contribution in [2.45, 2.75) is 246 Å². The van der Waals surface area contributed by atoms with Crippen LogP contribution in [-0.2, 0) is 27.2 Å². The van der Waals surface area contributed by atoms with Gasteiger partial charge in [0.15, 0.2) is 33.3 Å². The zero-order chi connectivity index (χ0) is 55.0. The minimum absolute atomic E-state index is 0.535. The Kier molecular flexibility index (Phi) is 52.6. The van der Waals surface area contributed by atoms with Crippen LogP contribution in [0.3, 0.4) is 0 Å². The summed E-state index contributed by atoms with van der Waals surface area (Å²) in [7, 11) is -11.9. The van der Waals surface area contributed by atoms with Crippen LogP contribution in [0, 0.1) is 0 Å². The van der Waals surface area contributed by atoms with E-state index in [1.54, 1.807) is 6.08 Å². The van der Waals surface area contributed by atoms with Crippen LogP contribution < -0.4 is 0 Å². The second kappa shape index (κ2) is 44.4. The van der Waals surface area contributed by atoms with Gasteiger partial charge >= 0.3 is 0 Å². The van der Waals surface area contributed by atoms with Gasteiger partial charge in [0.25, 0.3) is 0 Å². The fourth-order valence-electron chi connectivity index (χ4n) is 5.74. The predicted octanol–water partition coefficient (Wildman–Crippen LogP) is 17.8. The summed E-state index contributed by atoms with van der Waals surface area (Å²) < 4.78 is 36.6. The van der Waals surface area contributed by atoms with E-state index in [1.807, 2.05) is 19.9 Å². The van der Waals surface area contributed by atoms with Crippen LogP contribution in [0.2, 0.25) is 185 Å². The molecule has 0 aromatic heterocycles. The Balaban J connectivity index is -0.000000221. The van der Waals surface area contributed by atoms with Gasteiger partial charge in [-0.3, -0.25) is 0 Å². The molecule has 0 aromatic rings. The number of ether oxygens (including phenoxy) is 2. The second-order valence-corrected chi connectivity index (χ2v) is 70.4. The Morgan fingerprint density at radius 3 is 1.22 bits per heavy atom. The van der Waals surface area contributed by atoms with E-state index in [0.717, 1.165) is 63.6 Å². The summed E-state index contributed by atoms with van der Waals surface area (Å²) in [6.07, 6.45) is 12.2. The number of allylic oxidation sites excluding steroid dienone is 1. The van der Waals surface area contributed by atoms with Crippen molar-refractivity contribution < 1.29 is 27.2 Å². The fourth-order valence-corrected chi connectivity index (χ4v) is 40.2. The van der Waals surface area contributed by atoms with Gasteiger partial charge in [0.2, 0.25) is 0 Å². The van der Waals surface area contributed by atoms with Crippen molar-refractivity contribution in [3.8, 4) is 0 Å². The largest absolute Gasteiger partial charge is 0.421 e. The first-order chi connectivity index (χ1) is 31.0. The average Bonchev–Trinajstić information content (AvgIpc) is 3.25. The van der Waals surface area contributed by atoms with Gasteiger partial charge in [-0.2, -0.15) is 0 Å². The second-order valence-electron chi connectivity index (χ2n) is 25.5. The quantitative estimate of drug-likeness (QED) is 0.0364. The third-order valence-electron chi connectivity index (χ3n) is 11.0. The molecule has 4 atom stereocenters. The van der Waals surface area contributed by atoms with E-state index in [0.29, 0.717) is 6.61 Å². The molecule has 0 aromatic carbocycles. The minimum Gasteiger partial charge on any atom is -0.421 e. The molecule has 0 fully saturated rings. The van der Waals surface area contributed by atoms with Crippen LogP contribution in [0.5, 0.6) is 0 Å². The van der Waals surface area contributed by atoms with E-state index in [2.05, 4.69) is 185 Å². The van der Waals surface area contributed by atoms with Crippen molar-refractivity contribution in [3.63, 3.8) is 0 Å². The Labute approximate surface area is 442 Å². The molecule has 0 aliphatic carbocycles. The zero-order valence-electron chi connectivity index (χ0n) is 51.7. The molecule has 414 valence electrons. The maximum Gasteiger partial charge on any atom is 0.185 e. The molecule has 0 aliphatic rings.